The lowest BCUT2D eigenvalue weighted by Gasteiger charge is -1.92. The predicted molar refractivity (Wildman–Crippen MR) is 44.3 cm³/mol. The molecule has 0 aliphatic rings. The van der Waals surface area contributed by atoms with E-state index in [-0.39, 0.29) is 5.97 Å². The van der Waals surface area contributed by atoms with Gasteiger partial charge in [0.2, 0.25) is 0 Å². The topological polar surface area (TPSA) is 56.5 Å². The third-order valence-electron chi connectivity index (χ3n) is 1.52. The largest absolute Gasteiger partial charge is 0.425 e. The molecule has 5 nitrogen and oxygen atoms in total. The second-order valence-corrected chi connectivity index (χ2v) is 2.55. The fourth-order valence-corrected chi connectivity index (χ4v) is 1.06. The van der Waals surface area contributed by atoms with E-state index in [1.165, 1.54) is 13.3 Å². The van der Waals surface area contributed by atoms with Crippen molar-refractivity contribution in [1.82, 2.24) is 14.6 Å². The van der Waals surface area contributed by atoms with Crippen molar-refractivity contribution >= 4 is 11.5 Å². The Morgan fingerprint density at radius 1 is 1.62 bits per heavy atom. The number of carbonyl (C=O) groups is 1. The Balaban J connectivity index is 2.44. The second-order valence-electron chi connectivity index (χ2n) is 2.55. The Kier molecular flexibility index (Phi) is 1.70. The first-order valence-corrected chi connectivity index (χ1v) is 3.72. The van der Waals surface area contributed by atoms with Crippen LogP contribution in [-0.2, 0) is 4.79 Å². The Morgan fingerprint density at radius 3 is 3.15 bits per heavy atom. The zero-order valence-corrected chi connectivity index (χ0v) is 6.97. The molecule has 0 saturated carbocycles. The molecule has 0 radical (unpaired) electrons. The highest BCUT2D eigenvalue weighted by Crippen LogP contribution is 2.14. The average Bonchev–Trinajstić information content (AvgIpc) is 2.44. The van der Waals surface area contributed by atoms with Gasteiger partial charge in [-0.05, 0) is 0 Å². The molecule has 0 saturated heterocycles. The Hall–Kier alpha value is -1.91. The van der Waals surface area contributed by atoms with Crippen LogP contribution in [0.1, 0.15) is 6.92 Å². The maximum Gasteiger partial charge on any atom is 0.308 e. The van der Waals surface area contributed by atoms with E-state index in [9.17, 15) is 4.79 Å². The van der Waals surface area contributed by atoms with Crippen LogP contribution in [0.15, 0.2) is 24.8 Å². The van der Waals surface area contributed by atoms with Crippen molar-refractivity contribution in [3.05, 3.63) is 24.8 Å². The minimum atomic E-state index is -0.344. The van der Waals surface area contributed by atoms with E-state index >= 15 is 0 Å². The minimum Gasteiger partial charge on any atom is -0.425 e. The number of esters is 1. The molecule has 5 heteroatoms. The molecule has 2 heterocycles. The summed E-state index contributed by atoms with van der Waals surface area (Å²) in [6, 6.07) is 1.70. The van der Waals surface area contributed by atoms with Gasteiger partial charge in [-0.15, -0.1) is 0 Å². The zero-order chi connectivity index (χ0) is 9.26. The number of rotatable bonds is 1. The number of fused-ring (bicyclic) bond motifs is 1. The highest BCUT2D eigenvalue weighted by molar-refractivity contribution is 5.70. The van der Waals surface area contributed by atoms with Gasteiger partial charge in [0.1, 0.15) is 6.33 Å². The van der Waals surface area contributed by atoms with Crippen molar-refractivity contribution in [3.63, 3.8) is 0 Å². The third-order valence-corrected chi connectivity index (χ3v) is 1.52. The molecule has 0 bridgehead atoms. The summed E-state index contributed by atoms with van der Waals surface area (Å²) < 4.78 is 6.46. The van der Waals surface area contributed by atoms with Crippen molar-refractivity contribution in [2.24, 2.45) is 0 Å². The van der Waals surface area contributed by atoms with Crippen molar-refractivity contribution < 1.29 is 9.53 Å². The van der Waals surface area contributed by atoms with Crippen LogP contribution in [0.2, 0.25) is 0 Å². The van der Waals surface area contributed by atoms with Crippen molar-refractivity contribution in [2.45, 2.75) is 6.92 Å². The molecule has 0 atom stereocenters. The van der Waals surface area contributed by atoms with Gasteiger partial charge < -0.3 is 4.74 Å². The first-order chi connectivity index (χ1) is 6.25. The maximum absolute atomic E-state index is 10.6. The Bertz CT molecular complexity index is 416. The molecular weight excluding hydrogens is 170 g/mol. The van der Waals surface area contributed by atoms with Crippen LogP contribution in [-0.4, -0.2) is 20.6 Å². The lowest BCUT2D eigenvalue weighted by Crippen LogP contribution is -1.99. The van der Waals surface area contributed by atoms with Crippen molar-refractivity contribution in [2.75, 3.05) is 0 Å². The van der Waals surface area contributed by atoms with E-state index in [2.05, 4.69) is 10.1 Å². The van der Waals surface area contributed by atoms with Crippen molar-refractivity contribution in [1.29, 1.82) is 0 Å². The molecule has 2 rings (SSSR count). The van der Waals surface area contributed by atoms with Gasteiger partial charge in [-0.25, -0.2) is 9.50 Å². The number of hydrogen-bond acceptors (Lipinski definition) is 4. The third kappa shape index (κ3) is 1.48. The highest BCUT2D eigenvalue weighted by atomic mass is 16.5. The van der Waals surface area contributed by atoms with Crippen LogP contribution >= 0.6 is 0 Å². The molecule has 0 fully saturated rings. The van der Waals surface area contributed by atoms with Crippen LogP contribution in [0.5, 0.6) is 5.75 Å². The summed E-state index contributed by atoms with van der Waals surface area (Å²) in [7, 11) is 0. The zero-order valence-electron chi connectivity index (χ0n) is 6.97. The lowest BCUT2D eigenvalue weighted by atomic mass is 10.5. The fraction of sp³-hybridized carbons (Fsp3) is 0.125. The van der Waals surface area contributed by atoms with Gasteiger partial charge >= 0.3 is 5.97 Å². The first-order valence-electron chi connectivity index (χ1n) is 3.72. The number of hydrogen-bond donors (Lipinski definition) is 0. The monoisotopic (exact) mass is 177 g/mol. The Labute approximate surface area is 74.0 Å². The van der Waals surface area contributed by atoms with Crippen molar-refractivity contribution in [3.8, 4) is 5.75 Å². The molecule has 0 aliphatic carbocycles. The highest BCUT2D eigenvalue weighted by Gasteiger charge is 2.02. The second kappa shape index (κ2) is 2.85. The van der Waals surface area contributed by atoms with Gasteiger partial charge in [0.15, 0.2) is 5.75 Å². The van der Waals surface area contributed by atoms with E-state index in [1.54, 1.807) is 23.0 Å². The van der Waals surface area contributed by atoms with E-state index < -0.39 is 0 Å². The summed E-state index contributed by atoms with van der Waals surface area (Å²) in [6.07, 6.45) is 4.68. The van der Waals surface area contributed by atoms with E-state index in [1.807, 2.05) is 0 Å². The standard InChI is InChI=1S/C8H7N3O2/c1-6(12)13-8-2-7-3-9-5-10-11(7)4-8/h2-5H,1H3. The molecule has 0 unspecified atom stereocenters. The fourth-order valence-electron chi connectivity index (χ4n) is 1.06. The normalized spacial score (nSPS) is 10.2. The first kappa shape index (κ1) is 7.72. The molecule has 0 spiro atoms. The molecule has 2 aromatic rings. The summed E-state index contributed by atoms with van der Waals surface area (Å²) >= 11 is 0. The van der Waals surface area contributed by atoms with E-state index in [0.717, 1.165) is 5.52 Å². The van der Waals surface area contributed by atoms with Gasteiger partial charge in [-0.1, -0.05) is 0 Å². The minimum absolute atomic E-state index is 0.344. The number of ether oxygens (including phenoxy) is 1. The number of nitrogens with zero attached hydrogens (tertiary/aromatic N) is 3. The van der Waals surface area contributed by atoms with Gasteiger partial charge in [-0.3, -0.25) is 4.79 Å². The molecule has 0 amide bonds. The van der Waals surface area contributed by atoms with E-state index in [4.69, 9.17) is 4.74 Å². The summed E-state index contributed by atoms with van der Waals surface area (Å²) in [5.74, 6) is 0.136. The summed E-state index contributed by atoms with van der Waals surface area (Å²) in [5, 5.41) is 3.92. The molecule has 66 valence electrons. The van der Waals surface area contributed by atoms with Crippen LogP contribution in [0.3, 0.4) is 0 Å². The van der Waals surface area contributed by atoms with Gasteiger partial charge in [0.05, 0.1) is 17.9 Å². The number of carbonyl (C=O) groups excluding carboxylic acids is 1. The van der Waals surface area contributed by atoms with Crippen LogP contribution < -0.4 is 4.74 Å². The molecular formula is C8H7N3O2. The van der Waals surface area contributed by atoms with Crippen LogP contribution in [0.4, 0.5) is 0 Å². The molecule has 0 N–H and O–H groups in total. The number of aromatic nitrogens is 3. The van der Waals surface area contributed by atoms with Gasteiger partial charge in [0, 0.05) is 13.0 Å². The van der Waals surface area contributed by atoms with Gasteiger partial charge in [0.25, 0.3) is 0 Å². The molecule has 2 aromatic heterocycles. The summed E-state index contributed by atoms with van der Waals surface area (Å²) in [6.45, 7) is 1.36. The van der Waals surface area contributed by atoms with Gasteiger partial charge in [-0.2, -0.15) is 5.10 Å². The lowest BCUT2D eigenvalue weighted by molar-refractivity contribution is -0.131. The Morgan fingerprint density at radius 2 is 2.46 bits per heavy atom. The van der Waals surface area contributed by atoms with E-state index in [0.29, 0.717) is 5.75 Å². The summed E-state index contributed by atoms with van der Waals surface area (Å²) in [4.78, 5) is 14.5. The molecule has 13 heavy (non-hydrogen) atoms. The SMILES string of the molecule is CC(=O)Oc1cc2cncnn2c1. The quantitative estimate of drug-likeness (QED) is 0.600. The molecule has 0 aromatic carbocycles. The van der Waals surface area contributed by atoms with Crippen LogP contribution in [0.25, 0.3) is 5.52 Å². The van der Waals surface area contributed by atoms with Crippen LogP contribution in [0, 0.1) is 0 Å². The summed E-state index contributed by atoms with van der Waals surface area (Å²) in [5.41, 5.74) is 0.791. The average molecular weight is 177 g/mol. The molecule has 0 aliphatic heterocycles. The predicted octanol–water partition coefficient (Wildman–Crippen LogP) is 0.655. The smallest absolute Gasteiger partial charge is 0.308 e. The maximum atomic E-state index is 10.6.